The van der Waals surface area contributed by atoms with E-state index in [0.717, 1.165) is 24.4 Å². The Labute approximate surface area is 156 Å². The summed E-state index contributed by atoms with van der Waals surface area (Å²) in [5.74, 6) is 0.270. The van der Waals surface area contributed by atoms with Gasteiger partial charge in [-0.25, -0.2) is 0 Å². The zero-order chi connectivity index (χ0) is 19.5. The van der Waals surface area contributed by atoms with E-state index in [1.165, 1.54) is 6.08 Å². The van der Waals surface area contributed by atoms with E-state index in [9.17, 15) is 9.59 Å². The summed E-state index contributed by atoms with van der Waals surface area (Å²) in [4.78, 5) is 26.4. The van der Waals surface area contributed by atoms with Crippen LogP contribution in [0, 0.1) is 0 Å². The fourth-order valence-electron chi connectivity index (χ4n) is 2.59. The first kappa shape index (κ1) is 21.7. The molecule has 0 radical (unpaired) electrons. The van der Waals surface area contributed by atoms with Crippen LogP contribution < -0.4 is 15.4 Å². The van der Waals surface area contributed by atoms with E-state index >= 15 is 0 Å². The molecule has 0 bridgehead atoms. The highest BCUT2D eigenvalue weighted by atomic mass is 16.5. The monoisotopic (exact) mass is 361 g/mol. The van der Waals surface area contributed by atoms with E-state index in [0.29, 0.717) is 6.54 Å². The topological polar surface area (TPSA) is 70.7 Å². The van der Waals surface area contributed by atoms with Crippen molar-refractivity contribution in [3.05, 3.63) is 35.9 Å². The summed E-state index contributed by atoms with van der Waals surface area (Å²) in [7, 11) is 1.60. The number of methoxy groups -OCH3 is 1. The molecule has 1 aromatic rings. The van der Waals surface area contributed by atoms with E-state index in [2.05, 4.69) is 36.3 Å². The second-order valence-electron chi connectivity index (χ2n) is 6.15. The Morgan fingerprint density at radius 3 is 2.31 bits per heavy atom. The number of hydrogen-bond acceptors (Lipinski definition) is 4. The van der Waals surface area contributed by atoms with E-state index < -0.39 is 6.04 Å². The molecule has 0 heterocycles. The standard InChI is InChI=1S/C20H31N3O3/c1-6-23(7-2)15(3)14-21-20(25)16(4)22-19(24)13-10-17-8-11-18(26-5)12-9-17/h8-13,15-16H,6-7,14H2,1-5H3,(H,21,25)(H,22,24). The van der Waals surface area contributed by atoms with Crippen molar-refractivity contribution in [2.24, 2.45) is 0 Å². The number of hydrogen-bond donors (Lipinski definition) is 2. The predicted molar refractivity (Wildman–Crippen MR) is 105 cm³/mol. The Morgan fingerprint density at radius 1 is 1.15 bits per heavy atom. The molecule has 0 saturated carbocycles. The molecule has 2 amide bonds. The van der Waals surface area contributed by atoms with Gasteiger partial charge in [0.1, 0.15) is 11.8 Å². The number of likely N-dealkylation sites (N-methyl/N-ethyl adjacent to an activating group) is 1. The molecule has 1 aromatic carbocycles. The molecule has 0 spiro atoms. The Bertz CT molecular complexity index is 595. The third kappa shape index (κ3) is 7.27. The number of nitrogens with one attached hydrogen (secondary N) is 2. The van der Waals surface area contributed by atoms with Crippen LogP contribution in [0.25, 0.3) is 6.08 Å². The quantitative estimate of drug-likeness (QED) is 0.626. The maximum atomic E-state index is 12.1. The summed E-state index contributed by atoms with van der Waals surface area (Å²) in [6.07, 6.45) is 3.12. The number of ether oxygens (including phenoxy) is 1. The number of benzene rings is 1. The molecule has 26 heavy (non-hydrogen) atoms. The number of carbonyl (C=O) groups is 2. The van der Waals surface area contributed by atoms with E-state index in [4.69, 9.17) is 4.74 Å². The van der Waals surface area contributed by atoms with Crippen LogP contribution in [0.15, 0.2) is 30.3 Å². The largest absolute Gasteiger partial charge is 0.497 e. The van der Waals surface area contributed by atoms with Crippen LogP contribution in [-0.2, 0) is 9.59 Å². The fourth-order valence-corrected chi connectivity index (χ4v) is 2.59. The lowest BCUT2D eigenvalue weighted by molar-refractivity contribution is -0.126. The lowest BCUT2D eigenvalue weighted by Crippen LogP contribution is -2.48. The smallest absolute Gasteiger partial charge is 0.244 e. The van der Waals surface area contributed by atoms with Gasteiger partial charge >= 0.3 is 0 Å². The maximum absolute atomic E-state index is 12.1. The van der Waals surface area contributed by atoms with Crippen LogP contribution in [0.5, 0.6) is 5.75 Å². The Morgan fingerprint density at radius 2 is 1.77 bits per heavy atom. The minimum Gasteiger partial charge on any atom is -0.497 e. The van der Waals surface area contributed by atoms with Gasteiger partial charge in [0.25, 0.3) is 0 Å². The highest BCUT2D eigenvalue weighted by Gasteiger charge is 2.16. The van der Waals surface area contributed by atoms with Gasteiger partial charge < -0.3 is 15.4 Å². The second kappa shape index (κ2) is 11.3. The summed E-state index contributed by atoms with van der Waals surface area (Å²) >= 11 is 0. The summed E-state index contributed by atoms with van der Waals surface area (Å²) in [6, 6.07) is 7.02. The van der Waals surface area contributed by atoms with Gasteiger partial charge in [-0.1, -0.05) is 26.0 Å². The molecule has 2 N–H and O–H groups in total. The maximum Gasteiger partial charge on any atom is 0.244 e. The first-order valence-corrected chi connectivity index (χ1v) is 9.05. The molecule has 6 nitrogen and oxygen atoms in total. The number of amides is 2. The van der Waals surface area contributed by atoms with Gasteiger partial charge in [-0.05, 0) is 50.7 Å². The van der Waals surface area contributed by atoms with Crippen LogP contribution in [0.3, 0.4) is 0 Å². The van der Waals surface area contributed by atoms with E-state index in [1.807, 2.05) is 24.3 Å². The zero-order valence-corrected chi connectivity index (χ0v) is 16.4. The molecule has 0 aliphatic rings. The van der Waals surface area contributed by atoms with Crippen molar-refractivity contribution in [3.8, 4) is 5.75 Å². The van der Waals surface area contributed by atoms with Crippen LogP contribution in [0.1, 0.15) is 33.3 Å². The van der Waals surface area contributed by atoms with Crippen molar-refractivity contribution >= 4 is 17.9 Å². The molecule has 0 aliphatic heterocycles. The SMILES string of the molecule is CCN(CC)C(C)CNC(=O)C(C)NC(=O)C=Cc1ccc(OC)cc1. The summed E-state index contributed by atoms with van der Waals surface area (Å²) in [5, 5.41) is 5.57. The summed E-state index contributed by atoms with van der Waals surface area (Å²) in [5.41, 5.74) is 0.881. The molecule has 0 aliphatic carbocycles. The normalized spacial score (nSPS) is 13.5. The van der Waals surface area contributed by atoms with Crippen molar-refractivity contribution in [2.45, 2.75) is 39.8 Å². The molecule has 2 unspecified atom stereocenters. The van der Waals surface area contributed by atoms with Gasteiger partial charge in [0.2, 0.25) is 11.8 Å². The molecule has 0 saturated heterocycles. The van der Waals surface area contributed by atoms with Crippen molar-refractivity contribution < 1.29 is 14.3 Å². The van der Waals surface area contributed by atoms with Gasteiger partial charge in [0, 0.05) is 18.7 Å². The van der Waals surface area contributed by atoms with Crippen molar-refractivity contribution in [3.63, 3.8) is 0 Å². The Balaban J connectivity index is 2.44. The van der Waals surface area contributed by atoms with Crippen LogP contribution in [0.4, 0.5) is 0 Å². The summed E-state index contributed by atoms with van der Waals surface area (Å²) < 4.78 is 5.09. The Kier molecular flexibility index (Phi) is 9.44. The highest BCUT2D eigenvalue weighted by Crippen LogP contribution is 2.12. The van der Waals surface area contributed by atoms with Crippen LogP contribution in [0.2, 0.25) is 0 Å². The van der Waals surface area contributed by atoms with Crippen LogP contribution >= 0.6 is 0 Å². The molecule has 144 valence electrons. The predicted octanol–water partition coefficient (Wildman–Crippen LogP) is 2.06. The minimum absolute atomic E-state index is 0.185. The third-order valence-corrected chi connectivity index (χ3v) is 4.30. The fraction of sp³-hybridized carbons (Fsp3) is 0.500. The van der Waals surface area contributed by atoms with Gasteiger partial charge in [-0.15, -0.1) is 0 Å². The third-order valence-electron chi connectivity index (χ3n) is 4.30. The first-order valence-electron chi connectivity index (χ1n) is 9.05. The van der Waals surface area contributed by atoms with Gasteiger partial charge in [-0.2, -0.15) is 0 Å². The molecular formula is C20H31N3O3. The molecule has 6 heteroatoms. The first-order chi connectivity index (χ1) is 12.4. The van der Waals surface area contributed by atoms with Crippen molar-refractivity contribution in [2.75, 3.05) is 26.7 Å². The van der Waals surface area contributed by atoms with E-state index in [-0.39, 0.29) is 17.9 Å². The average molecular weight is 361 g/mol. The molecule has 1 rings (SSSR count). The second-order valence-corrected chi connectivity index (χ2v) is 6.15. The van der Waals surface area contributed by atoms with Crippen molar-refractivity contribution in [1.82, 2.24) is 15.5 Å². The lowest BCUT2D eigenvalue weighted by Gasteiger charge is -2.27. The molecule has 0 fully saturated rings. The molecule has 0 aromatic heterocycles. The lowest BCUT2D eigenvalue weighted by atomic mass is 10.2. The van der Waals surface area contributed by atoms with Crippen LogP contribution in [-0.4, -0.2) is 55.5 Å². The minimum atomic E-state index is -0.591. The number of carbonyl (C=O) groups excluding carboxylic acids is 2. The number of nitrogens with zero attached hydrogens (tertiary/aromatic N) is 1. The average Bonchev–Trinajstić information content (AvgIpc) is 2.65. The molecule has 2 atom stereocenters. The van der Waals surface area contributed by atoms with Gasteiger partial charge in [0.05, 0.1) is 7.11 Å². The van der Waals surface area contributed by atoms with E-state index in [1.54, 1.807) is 20.1 Å². The van der Waals surface area contributed by atoms with Crippen molar-refractivity contribution in [1.29, 1.82) is 0 Å². The number of rotatable bonds is 10. The molecular weight excluding hydrogens is 330 g/mol. The Hall–Kier alpha value is -2.34. The summed E-state index contributed by atoms with van der Waals surface area (Å²) in [6.45, 7) is 10.4. The highest BCUT2D eigenvalue weighted by molar-refractivity contribution is 5.95. The van der Waals surface area contributed by atoms with Gasteiger partial charge in [0.15, 0.2) is 0 Å². The van der Waals surface area contributed by atoms with Gasteiger partial charge in [-0.3, -0.25) is 14.5 Å². The zero-order valence-electron chi connectivity index (χ0n) is 16.4.